The number of carbonyl (C=O) groups is 2. The summed E-state index contributed by atoms with van der Waals surface area (Å²) in [6.45, 7) is 1.97. The lowest BCUT2D eigenvalue weighted by atomic mass is 9.48. The van der Waals surface area contributed by atoms with E-state index in [-0.39, 0.29) is 29.9 Å². The van der Waals surface area contributed by atoms with Gasteiger partial charge in [-0.05, 0) is 35.1 Å². The quantitative estimate of drug-likeness (QED) is 0.730. The molecule has 2 bridgehead atoms. The number of fused-ring (bicyclic) bond motifs is 1. The first-order valence-corrected chi connectivity index (χ1v) is 9.76. The van der Waals surface area contributed by atoms with Crippen LogP contribution in [0.1, 0.15) is 53.9 Å². The van der Waals surface area contributed by atoms with Gasteiger partial charge in [0.15, 0.2) is 6.10 Å². The van der Waals surface area contributed by atoms with Gasteiger partial charge in [0.1, 0.15) is 12.0 Å². The molecule has 4 heteroatoms. The first-order valence-electron chi connectivity index (χ1n) is 9.76. The second-order valence-electron chi connectivity index (χ2n) is 8.22. The number of benzene rings is 2. The molecular formula is C23H20O4. The fourth-order valence-corrected chi connectivity index (χ4v) is 6.22. The topological polar surface area (TPSA) is 52.6 Å². The number of hydrogen-bond donors (Lipinski definition) is 0. The van der Waals surface area contributed by atoms with Crippen LogP contribution >= 0.6 is 0 Å². The Kier molecular flexibility index (Phi) is 2.86. The lowest BCUT2D eigenvalue weighted by Crippen LogP contribution is -2.50. The van der Waals surface area contributed by atoms with Crippen LogP contribution in [0.15, 0.2) is 48.5 Å². The molecule has 27 heavy (non-hydrogen) atoms. The molecule has 2 aromatic rings. The zero-order chi connectivity index (χ0) is 18.3. The van der Waals surface area contributed by atoms with Crippen LogP contribution in [-0.2, 0) is 19.1 Å². The molecule has 0 radical (unpaired) electrons. The van der Waals surface area contributed by atoms with Crippen LogP contribution in [0, 0.1) is 11.3 Å². The Morgan fingerprint density at radius 1 is 0.926 bits per heavy atom. The third-order valence-corrected chi connectivity index (χ3v) is 7.22. The maximum atomic E-state index is 13.4. The maximum Gasteiger partial charge on any atom is 0.314 e. The van der Waals surface area contributed by atoms with Gasteiger partial charge in [0.05, 0.1) is 5.41 Å². The third-order valence-electron chi connectivity index (χ3n) is 7.22. The lowest BCUT2D eigenvalue weighted by molar-refractivity contribution is -0.162. The van der Waals surface area contributed by atoms with Crippen molar-refractivity contribution in [2.24, 2.45) is 11.3 Å². The van der Waals surface area contributed by atoms with E-state index in [0.29, 0.717) is 12.8 Å². The van der Waals surface area contributed by atoms with Gasteiger partial charge >= 0.3 is 11.9 Å². The first kappa shape index (κ1) is 15.4. The number of ether oxygens (including phenoxy) is 2. The second kappa shape index (κ2) is 5.00. The summed E-state index contributed by atoms with van der Waals surface area (Å²) in [5.74, 6) is -1.03. The number of carbonyl (C=O) groups excluding carboxylic acids is 2. The highest BCUT2D eigenvalue weighted by molar-refractivity contribution is 5.93. The number of esters is 2. The highest BCUT2D eigenvalue weighted by atomic mass is 16.6. The van der Waals surface area contributed by atoms with Crippen molar-refractivity contribution in [3.8, 4) is 0 Å². The summed E-state index contributed by atoms with van der Waals surface area (Å²) in [4.78, 5) is 26.2. The van der Waals surface area contributed by atoms with Crippen LogP contribution in [0.25, 0.3) is 0 Å². The average molecular weight is 360 g/mol. The van der Waals surface area contributed by atoms with Crippen LogP contribution in [0.5, 0.6) is 0 Å². The molecule has 4 atom stereocenters. The van der Waals surface area contributed by atoms with Gasteiger partial charge in [-0.25, -0.2) is 0 Å². The molecule has 1 spiro atoms. The SMILES string of the molecule is CC[C@@H]1OC(=O)[C@H]2[C@@H]1OC(=O)[C@@]21CC2c3ccccc3C1c1ccccc12. The molecule has 0 saturated carbocycles. The Hall–Kier alpha value is -2.62. The zero-order valence-corrected chi connectivity index (χ0v) is 15.1. The predicted octanol–water partition coefficient (Wildman–Crippen LogP) is 3.53. The summed E-state index contributed by atoms with van der Waals surface area (Å²) >= 11 is 0. The largest absolute Gasteiger partial charge is 0.458 e. The normalized spacial score (nSPS) is 37.6. The Balaban J connectivity index is 1.62. The molecule has 136 valence electrons. The van der Waals surface area contributed by atoms with Gasteiger partial charge in [-0.2, -0.15) is 0 Å². The molecule has 0 aromatic heterocycles. The molecule has 3 aliphatic carbocycles. The minimum Gasteiger partial charge on any atom is -0.458 e. The van der Waals surface area contributed by atoms with Crippen molar-refractivity contribution >= 4 is 11.9 Å². The van der Waals surface area contributed by atoms with Gasteiger partial charge in [0.25, 0.3) is 0 Å². The van der Waals surface area contributed by atoms with E-state index < -0.39 is 17.4 Å². The molecule has 2 fully saturated rings. The van der Waals surface area contributed by atoms with Gasteiger partial charge < -0.3 is 9.47 Å². The van der Waals surface area contributed by atoms with Crippen molar-refractivity contribution < 1.29 is 19.1 Å². The Morgan fingerprint density at radius 3 is 2.11 bits per heavy atom. The predicted molar refractivity (Wildman–Crippen MR) is 97.2 cm³/mol. The van der Waals surface area contributed by atoms with Crippen LogP contribution < -0.4 is 0 Å². The van der Waals surface area contributed by atoms with Crippen molar-refractivity contribution in [1.82, 2.24) is 0 Å². The van der Waals surface area contributed by atoms with E-state index >= 15 is 0 Å². The van der Waals surface area contributed by atoms with Crippen molar-refractivity contribution in [1.29, 1.82) is 0 Å². The molecule has 2 aliphatic heterocycles. The summed E-state index contributed by atoms with van der Waals surface area (Å²) in [6.07, 6.45) is 0.514. The molecule has 0 N–H and O–H groups in total. The maximum absolute atomic E-state index is 13.4. The molecule has 5 aliphatic rings. The number of cyclic esters (lactones) is 1. The molecule has 0 amide bonds. The Bertz CT molecular complexity index is 948. The molecule has 2 heterocycles. The molecule has 0 unspecified atom stereocenters. The number of hydrogen-bond acceptors (Lipinski definition) is 4. The van der Waals surface area contributed by atoms with E-state index in [4.69, 9.17) is 9.47 Å². The molecule has 2 saturated heterocycles. The lowest BCUT2D eigenvalue weighted by Gasteiger charge is -2.50. The van der Waals surface area contributed by atoms with Crippen molar-refractivity contribution in [3.63, 3.8) is 0 Å². The highest BCUT2D eigenvalue weighted by Gasteiger charge is 2.72. The first-order chi connectivity index (χ1) is 13.2. The summed E-state index contributed by atoms with van der Waals surface area (Å²) in [7, 11) is 0. The van der Waals surface area contributed by atoms with Crippen molar-refractivity contribution in [2.75, 3.05) is 0 Å². The van der Waals surface area contributed by atoms with E-state index in [2.05, 4.69) is 36.4 Å². The Labute approximate surface area is 157 Å². The summed E-state index contributed by atoms with van der Waals surface area (Å²) < 4.78 is 11.5. The van der Waals surface area contributed by atoms with E-state index in [9.17, 15) is 9.59 Å². The van der Waals surface area contributed by atoms with Gasteiger partial charge in [-0.1, -0.05) is 55.5 Å². The zero-order valence-electron chi connectivity index (χ0n) is 15.1. The van der Waals surface area contributed by atoms with Crippen LogP contribution in [0.2, 0.25) is 0 Å². The fraction of sp³-hybridized carbons (Fsp3) is 0.391. The number of rotatable bonds is 1. The van der Waals surface area contributed by atoms with Crippen molar-refractivity contribution in [2.45, 2.75) is 43.8 Å². The molecule has 2 aromatic carbocycles. The standard InChI is InChI=1S/C23H20O4/c1-2-17-20-19(21(24)26-17)23(22(25)27-20)11-16-12-7-3-5-9-14(12)18(23)15-10-6-4-8-13(15)16/h3-10,16-20H,2,11H2,1H3/t16?,17-,18?,19+,20+,23+/m0/s1. The van der Waals surface area contributed by atoms with Gasteiger partial charge in [-0.3, -0.25) is 9.59 Å². The van der Waals surface area contributed by atoms with Crippen LogP contribution in [0.4, 0.5) is 0 Å². The van der Waals surface area contributed by atoms with Gasteiger partial charge in [-0.15, -0.1) is 0 Å². The Morgan fingerprint density at radius 2 is 1.52 bits per heavy atom. The molecular weight excluding hydrogens is 340 g/mol. The highest BCUT2D eigenvalue weighted by Crippen LogP contribution is 2.67. The minimum atomic E-state index is -0.848. The second-order valence-corrected chi connectivity index (χ2v) is 8.22. The van der Waals surface area contributed by atoms with Gasteiger partial charge in [0, 0.05) is 11.8 Å². The smallest absolute Gasteiger partial charge is 0.314 e. The van der Waals surface area contributed by atoms with E-state index in [1.54, 1.807) is 0 Å². The summed E-state index contributed by atoms with van der Waals surface area (Å²) in [5.41, 5.74) is 4.04. The van der Waals surface area contributed by atoms with Crippen LogP contribution in [0.3, 0.4) is 0 Å². The third kappa shape index (κ3) is 1.65. The summed E-state index contributed by atoms with van der Waals surface area (Å²) in [5, 5.41) is 0. The van der Waals surface area contributed by atoms with Crippen molar-refractivity contribution in [3.05, 3.63) is 70.8 Å². The van der Waals surface area contributed by atoms with E-state index in [1.165, 1.54) is 11.1 Å². The van der Waals surface area contributed by atoms with Gasteiger partial charge in [0.2, 0.25) is 0 Å². The molecule has 4 nitrogen and oxygen atoms in total. The van der Waals surface area contributed by atoms with E-state index in [0.717, 1.165) is 11.1 Å². The molecule has 7 rings (SSSR count). The summed E-state index contributed by atoms with van der Waals surface area (Å²) in [6, 6.07) is 16.7. The fourth-order valence-electron chi connectivity index (χ4n) is 6.22. The van der Waals surface area contributed by atoms with Crippen LogP contribution in [-0.4, -0.2) is 24.1 Å². The van der Waals surface area contributed by atoms with E-state index in [1.807, 2.05) is 19.1 Å². The average Bonchev–Trinajstić information content (AvgIpc) is 3.17. The minimum absolute atomic E-state index is 0.113. The monoisotopic (exact) mass is 360 g/mol.